The smallest absolute Gasteiger partial charge is 0.258 e. The maximum absolute atomic E-state index is 5.69. The molecule has 2 aromatic rings. The zero-order valence-electron chi connectivity index (χ0n) is 11.6. The summed E-state index contributed by atoms with van der Waals surface area (Å²) >= 11 is 0. The molecule has 0 atom stereocenters. The number of methoxy groups -OCH3 is 1. The Bertz CT molecular complexity index is 547. The summed E-state index contributed by atoms with van der Waals surface area (Å²) in [6.45, 7) is 1.81. The van der Waals surface area contributed by atoms with Gasteiger partial charge >= 0.3 is 0 Å². The molecule has 0 spiro atoms. The number of aromatic nitrogens is 2. The fourth-order valence-corrected chi connectivity index (χ4v) is 2.63. The zero-order chi connectivity index (χ0) is 13.8. The Morgan fingerprint density at radius 2 is 2.00 bits per heavy atom. The lowest BCUT2D eigenvalue weighted by Gasteiger charge is -2.32. The largest absolute Gasteiger partial charge is 0.368 e. The minimum absolute atomic E-state index is 0.423. The van der Waals surface area contributed by atoms with Gasteiger partial charge in [-0.15, -0.1) is 0 Å². The van der Waals surface area contributed by atoms with Crippen LogP contribution in [0, 0.1) is 0 Å². The summed E-state index contributed by atoms with van der Waals surface area (Å²) in [7, 11) is 1.71. The molecule has 0 amide bonds. The van der Waals surface area contributed by atoms with Gasteiger partial charge in [-0.3, -0.25) is 0 Å². The first-order valence-corrected chi connectivity index (χ1v) is 6.95. The topological polar surface area (TPSA) is 60.2 Å². The average Bonchev–Trinajstić information content (AvgIpc) is 2.98. The van der Waals surface area contributed by atoms with Crippen molar-refractivity contribution in [1.29, 1.82) is 0 Å². The molecule has 1 saturated heterocycles. The summed E-state index contributed by atoms with van der Waals surface area (Å²) in [5, 5.41) is 7.41. The summed E-state index contributed by atoms with van der Waals surface area (Å²) in [6, 6.07) is 10.2. The molecule has 1 fully saturated rings. The van der Waals surface area contributed by atoms with Crippen molar-refractivity contribution in [3.8, 4) is 0 Å². The first-order valence-electron chi connectivity index (χ1n) is 6.95. The van der Waals surface area contributed by atoms with Gasteiger partial charge in [0.2, 0.25) is 0 Å². The Morgan fingerprint density at radius 1 is 1.25 bits per heavy atom. The number of nitrogens with zero attached hydrogens (tertiary/aromatic N) is 2. The van der Waals surface area contributed by atoms with Crippen LogP contribution < -0.4 is 5.32 Å². The van der Waals surface area contributed by atoms with Gasteiger partial charge in [-0.2, -0.15) is 4.98 Å². The summed E-state index contributed by atoms with van der Waals surface area (Å²) in [5.41, 5.74) is 0.754. The highest BCUT2D eigenvalue weighted by molar-refractivity contribution is 5.18. The average molecular weight is 273 g/mol. The molecule has 0 aliphatic carbocycles. The molecule has 1 aliphatic heterocycles. The predicted molar refractivity (Wildman–Crippen MR) is 74.3 cm³/mol. The third kappa shape index (κ3) is 2.59. The molecule has 1 N–H and O–H groups in total. The normalized spacial score (nSPS) is 18.1. The van der Waals surface area contributed by atoms with Gasteiger partial charge in [0, 0.05) is 13.5 Å². The fourth-order valence-electron chi connectivity index (χ4n) is 2.63. The molecule has 0 bridgehead atoms. The van der Waals surface area contributed by atoms with Gasteiger partial charge in [-0.1, -0.05) is 35.5 Å². The number of ether oxygens (including phenoxy) is 1. The van der Waals surface area contributed by atoms with Gasteiger partial charge in [-0.25, -0.2) is 0 Å². The number of nitrogens with one attached hydrogen (secondary N) is 1. The summed E-state index contributed by atoms with van der Waals surface area (Å²) < 4.78 is 11.1. The quantitative estimate of drug-likeness (QED) is 0.921. The minimum atomic E-state index is -0.423. The van der Waals surface area contributed by atoms with E-state index >= 15 is 0 Å². The first kappa shape index (κ1) is 13.3. The molecule has 1 aliphatic rings. The standard InChI is InChI=1S/C15H19N3O2/c1-19-15(7-9-16-10-8-15)14-17-13(18-20-14)11-12-5-3-2-4-6-12/h2-6,16H,7-11H2,1H3. The SMILES string of the molecule is COC1(c2nc(Cc3ccccc3)no2)CCNCC1. The van der Waals surface area contributed by atoms with Crippen LogP contribution in [0.4, 0.5) is 0 Å². The Morgan fingerprint density at radius 3 is 2.70 bits per heavy atom. The second kappa shape index (κ2) is 5.73. The van der Waals surface area contributed by atoms with Crippen molar-refractivity contribution >= 4 is 0 Å². The van der Waals surface area contributed by atoms with Crippen molar-refractivity contribution in [2.75, 3.05) is 20.2 Å². The van der Waals surface area contributed by atoms with Crippen LogP contribution in [0.2, 0.25) is 0 Å². The van der Waals surface area contributed by atoms with E-state index in [1.165, 1.54) is 5.56 Å². The molecule has 1 aromatic carbocycles. The van der Waals surface area contributed by atoms with Crippen LogP contribution in [0.25, 0.3) is 0 Å². The van der Waals surface area contributed by atoms with Crippen LogP contribution in [0.1, 0.15) is 30.1 Å². The van der Waals surface area contributed by atoms with Crippen molar-refractivity contribution in [2.24, 2.45) is 0 Å². The van der Waals surface area contributed by atoms with Gasteiger partial charge in [0.1, 0.15) is 5.60 Å². The van der Waals surface area contributed by atoms with Gasteiger partial charge in [-0.05, 0) is 31.5 Å². The van der Waals surface area contributed by atoms with Crippen LogP contribution >= 0.6 is 0 Å². The highest BCUT2D eigenvalue weighted by Gasteiger charge is 2.39. The van der Waals surface area contributed by atoms with E-state index in [2.05, 4.69) is 27.6 Å². The Hall–Kier alpha value is -1.72. The first-order chi connectivity index (χ1) is 9.82. The monoisotopic (exact) mass is 273 g/mol. The van der Waals surface area contributed by atoms with E-state index in [4.69, 9.17) is 9.26 Å². The number of hydrogen-bond donors (Lipinski definition) is 1. The highest BCUT2D eigenvalue weighted by Crippen LogP contribution is 2.33. The zero-order valence-corrected chi connectivity index (χ0v) is 11.6. The van der Waals surface area contributed by atoms with E-state index in [0.717, 1.165) is 25.9 Å². The Balaban J connectivity index is 1.79. The lowest BCUT2D eigenvalue weighted by atomic mass is 9.92. The van der Waals surface area contributed by atoms with Crippen molar-refractivity contribution in [3.63, 3.8) is 0 Å². The van der Waals surface area contributed by atoms with E-state index in [1.54, 1.807) is 7.11 Å². The van der Waals surface area contributed by atoms with Gasteiger partial charge in [0.15, 0.2) is 5.82 Å². The fraction of sp³-hybridized carbons (Fsp3) is 0.467. The molecule has 2 heterocycles. The second-order valence-corrected chi connectivity index (χ2v) is 5.13. The maximum Gasteiger partial charge on any atom is 0.258 e. The van der Waals surface area contributed by atoms with E-state index in [1.807, 2.05) is 18.2 Å². The molecule has 1 aromatic heterocycles. The summed E-state index contributed by atoms with van der Waals surface area (Å²) in [4.78, 5) is 4.54. The van der Waals surface area contributed by atoms with E-state index in [9.17, 15) is 0 Å². The molecule has 0 unspecified atom stereocenters. The van der Waals surface area contributed by atoms with Crippen LogP contribution in [-0.2, 0) is 16.8 Å². The van der Waals surface area contributed by atoms with Gasteiger partial charge in [0.05, 0.1) is 0 Å². The van der Waals surface area contributed by atoms with Crippen LogP contribution in [-0.4, -0.2) is 30.3 Å². The Labute approximate surface area is 118 Å². The van der Waals surface area contributed by atoms with Crippen molar-refractivity contribution < 1.29 is 9.26 Å². The van der Waals surface area contributed by atoms with Crippen LogP contribution in [0.15, 0.2) is 34.9 Å². The van der Waals surface area contributed by atoms with Crippen molar-refractivity contribution in [3.05, 3.63) is 47.6 Å². The molecule has 0 saturated carbocycles. The molecular weight excluding hydrogens is 254 g/mol. The predicted octanol–water partition coefficient (Wildman–Crippen LogP) is 1.89. The molecule has 0 radical (unpaired) electrons. The van der Waals surface area contributed by atoms with E-state index < -0.39 is 5.60 Å². The van der Waals surface area contributed by atoms with Crippen LogP contribution in [0.3, 0.4) is 0 Å². The minimum Gasteiger partial charge on any atom is -0.368 e. The molecular formula is C15H19N3O2. The number of hydrogen-bond acceptors (Lipinski definition) is 5. The number of benzene rings is 1. The third-order valence-corrected chi connectivity index (χ3v) is 3.86. The lowest BCUT2D eigenvalue weighted by Crippen LogP contribution is -2.41. The molecule has 5 heteroatoms. The van der Waals surface area contributed by atoms with Crippen molar-refractivity contribution in [2.45, 2.75) is 24.9 Å². The number of piperidine rings is 1. The second-order valence-electron chi connectivity index (χ2n) is 5.13. The van der Waals surface area contributed by atoms with E-state index in [0.29, 0.717) is 18.1 Å². The highest BCUT2D eigenvalue weighted by atomic mass is 16.5. The summed E-state index contributed by atoms with van der Waals surface area (Å²) in [5.74, 6) is 1.31. The van der Waals surface area contributed by atoms with Gasteiger partial charge in [0.25, 0.3) is 5.89 Å². The number of rotatable bonds is 4. The molecule has 20 heavy (non-hydrogen) atoms. The van der Waals surface area contributed by atoms with Crippen molar-refractivity contribution in [1.82, 2.24) is 15.5 Å². The lowest BCUT2D eigenvalue weighted by molar-refractivity contribution is -0.0622. The van der Waals surface area contributed by atoms with E-state index in [-0.39, 0.29) is 0 Å². The third-order valence-electron chi connectivity index (χ3n) is 3.86. The molecule has 3 rings (SSSR count). The maximum atomic E-state index is 5.69. The van der Waals surface area contributed by atoms with Gasteiger partial charge < -0.3 is 14.6 Å². The summed E-state index contributed by atoms with van der Waals surface area (Å²) in [6.07, 6.45) is 2.40. The molecule has 5 nitrogen and oxygen atoms in total. The Kier molecular flexibility index (Phi) is 3.80. The molecule has 106 valence electrons. The van der Waals surface area contributed by atoms with Crippen LogP contribution in [0.5, 0.6) is 0 Å².